The molecule has 6 heteroatoms. The van der Waals surface area contributed by atoms with Gasteiger partial charge in [0.2, 0.25) is 0 Å². The first-order valence-corrected chi connectivity index (χ1v) is 8.90. The number of benzene rings is 2. The molecule has 25 heavy (non-hydrogen) atoms. The number of rotatable bonds is 6. The van der Waals surface area contributed by atoms with Crippen LogP contribution in [0.25, 0.3) is 10.2 Å². The number of amides is 1. The van der Waals surface area contributed by atoms with E-state index < -0.39 is 0 Å². The van der Waals surface area contributed by atoms with Crippen LogP contribution >= 0.6 is 11.3 Å². The average molecular weight is 356 g/mol. The molecule has 0 unspecified atom stereocenters. The molecule has 0 saturated heterocycles. The summed E-state index contributed by atoms with van der Waals surface area (Å²) in [6.45, 7) is 6.60. The van der Waals surface area contributed by atoms with Gasteiger partial charge in [-0.25, -0.2) is 4.98 Å². The van der Waals surface area contributed by atoms with Crippen LogP contribution in [0.1, 0.15) is 18.1 Å². The molecular weight excluding hydrogens is 336 g/mol. The second kappa shape index (κ2) is 7.53. The van der Waals surface area contributed by atoms with E-state index in [2.05, 4.69) is 30.2 Å². The van der Waals surface area contributed by atoms with Crippen molar-refractivity contribution in [2.45, 2.75) is 20.8 Å². The number of fused-ring (bicyclic) bond motifs is 1. The minimum atomic E-state index is -0.235. The summed E-state index contributed by atoms with van der Waals surface area (Å²) in [5, 5.41) is 3.37. The Labute approximate surface area is 150 Å². The van der Waals surface area contributed by atoms with E-state index in [9.17, 15) is 4.79 Å². The lowest BCUT2D eigenvalue weighted by Gasteiger charge is -2.07. The fourth-order valence-corrected chi connectivity index (χ4v) is 3.30. The number of hydrogen-bond acceptors (Lipinski definition) is 5. The molecule has 1 N–H and O–H groups in total. The third-order valence-electron chi connectivity index (χ3n) is 3.75. The van der Waals surface area contributed by atoms with Gasteiger partial charge < -0.3 is 9.47 Å². The summed E-state index contributed by atoms with van der Waals surface area (Å²) in [6, 6.07) is 11.3. The van der Waals surface area contributed by atoms with Gasteiger partial charge in [0.1, 0.15) is 11.5 Å². The lowest BCUT2D eigenvalue weighted by Crippen LogP contribution is -2.19. The first-order chi connectivity index (χ1) is 12.0. The van der Waals surface area contributed by atoms with Crippen LogP contribution in [-0.4, -0.2) is 24.1 Å². The number of hydrogen-bond donors (Lipinski definition) is 1. The summed E-state index contributed by atoms with van der Waals surface area (Å²) in [6.07, 6.45) is 0. The van der Waals surface area contributed by atoms with Crippen molar-refractivity contribution in [2.24, 2.45) is 0 Å². The van der Waals surface area contributed by atoms with Gasteiger partial charge in [0.15, 0.2) is 11.7 Å². The maximum Gasteiger partial charge on any atom is 0.264 e. The van der Waals surface area contributed by atoms with Crippen LogP contribution < -0.4 is 14.8 Å². The van der Waals surface area contributed by atoms with Gasteiger partial charge >= 0.3 is 0 Å². The third-order valence-corrected chi connectivity index (χ3v) is 4.69. The Morgan fingerprint density at radius 1 is 1.08 bits per heavy atom. The van der Waals surface area contributed by atoms with E-state index in [1.165, 1.54) is 22.5 Å². The molecule has 0 radical (unpaired) electrons. The quantitative estimate of drug-likeness (QED) is 0.714. The van der Waals surface area contributed by atoms with Crippen LogP contribution in [0.15, 0.2) is 36.4 Å². The van der Waals surface area contributed by atoms with Crippen molar-refractivity contribution in [1.82, 2.24) is 4.98 Å². The predicted octanol–water partition coefficient (Wildman–Crippen LogP) is 4.33. The molecule has 0 saturated carbocycles. The smallest absolute Gasteiger partial charge is 0.264 e. The second-order valence-electron chi connectivity index (χ2n) is 5.66. The van der Waals surface area contributed by atoms with Gasteiger partial charge in [0, 0.05) is 0 Å². The van der Waals surface area contributed by atoms with E-state index >= 15 is 0 Å². The molecule has 3 aromatic rings. The Morgan fingerprint density at radius 2 is 1.72 bits per heavy atom. The Balaban J connectivity index is 1.58. The molecule has 2 aromatic carbocycles. The summed E-state index contributed by atoms with van der Waals surface area (Å²) in [5.41, 5.74) is 3.30. The zero-order valence-electron chi connectivity index (χ0n) is 14.5. The molecule has 0 spiro atoms. The molecule has 0 aliphatic heterocycles. The van der Waals surface area contributed by atoms with Gasteiger partial charge in [-0.1, -0.05) is 11.3 Å². The van der Waals surface area contributed by atoms with Crippen molar-refractivity contribution in [3.63, 3.8) is 0 Å². The predicted molar refractivity (Wildman–Crippen MR) is 101 cm³/mol. The first kappa shape index (κ1) is 17.2. The number of ether oxygens (including phenoxy) is 2. The van der Waals surface area contributed by atoms with E-state index in [0.717, 1.165) is 16.0 Å². The Bertz CT molecular complexity index is 849. The van der Waals surface area contributed by atoms with Crippen molar-refractivity contribution in [1.29, 1.82) is 0 Å². The fourth-order valence-electron chi connectivity index (χ4n) is 2.34. The van der Waals surface area contributed by atoms with Crippen molar-refractivity contribution in [3.05, 3.63) is 47.5 Å². The highest BCUT2D eigenvalue weighted by atomic mass is 32.1. The molecule has 0 atom stereocenters. The zero-order valence-corrected chi connectivity index (χ0v) is 15.3. The molecule has 3 rings (SSSR count). The maximum absolute atomic E-state index is 12.1. The number of carbonyl (C=O) groups excluding carboxylic acids is 1. The number of aryl methyl sites for hydroxylation is 2. The third kappa shape index (κ3) is 4.28. The molecule has 0 aliphatic carbocycles. The van der Waals surface area contributed by atoms with E-state index in [4.69, 9.17) is 9.47 Å². The number of nitrogens with zero attached hydrogens (tertiary/aromatic N) is 1. The normalized spacial score (nSPS) is 10.7. The van der Waals surface area contributed by atoms with Crippen molar-refractivity contribution >= 4 is 32.6 Å². The van der Waals surface area contributed by atoms with Gasteiger partial charge in [-0.05, 0) is 68.3 Å². The van der Waals surface area contributed by atoms with Crippen molar-refractivity contribution in [2.75, 3.05) is 18.5 Å². The second-order valence-corrected chi connectivity index (χ2v) is 6.70. The minimum absolute atomic E-state index is 0.0675. The summed E-state index contributed by atoms with van der Waals surface area (Å²) in [5.74, 6) is 1.16. The lowest BCUT2D eigenvalue weighted by molar-refractivity contribution is -0.118. The van der Waals surface area contributed by atoms with Gasteiger partial charge in [0.25, 0.3) is 5.91 Å². The van der Waals surface area contributed by atoms with E-state index in [1.807, 2.05) is 25.1 Å². The van der Waals surface area contributed by atoms with Gasteiger partial charge in [-0.2, -0.15) is 0 Å². The van der Waals surface area contributed by atoms with Crippen LogP contribution in [-0.2, 0) is 4.79 Å². The molecule has 130 valence electrons. The van der Waals surface area contributed by atoms with Gasteiger partial charge in [-0.3, -0.25) is 10.1 Å². The lowest BCUT2D eigenvalue weighted by atomic mass is 10.1. The number of thiazole rings is 1. The summed E-state index contributed by atoms with van der Waals surface area (Å²) < 4.78 is 11.9. The van der Waals surface area contributed by atoms with Crippen LogP contribution in [0.3, 0.4) is 0 Å². The highest BCUT2D eigenvalue weighted by Crippen LogP contribution is 2.28. The Hall–Kier alpha value is -2.60. The minimum Gasteiger partial charge on any atom is -0.494 e. The fraction of sp³-hybridized carbons (Fsp3) is 0.263. The Kier molecular flexibility index (Phi) is 5.19. The van der Waals surface area contributed by atoms with Crippen LogP contribution in [0.4, 0.5) is 5.13 Å². The molecule has 0 bridgehead atoms. The Morgan fingerprint density at radius 3 is 2.40 bits per heavy atom. The van der Waals surface area contributed by atoms with Crippen molar-refractivity contribution in [3.8, 4) is 11.5 Å². The molecule has 0 aliphatic rings. The van der Waals surface area contributed by atoms with E-state index in [0.29, 0.717) is 17.5 Å². The molecule has 0 fully saturated rings. The number of anilines is 1. The number of nitrogens with one attached hydrogen (secondary N) is 1. The highest BCUT2D eigenvalue weighted by molar-refractivity contribution is 7.22. The van der Waals surface area contributed by atoms with Crippen molar-refractivity contribution < 1.29 is 14.3 Å². The summed E-state index contributed by atoms with van der Waals surface area (Å²) >= 11 is 1.46. The largest absolute Gasteiger partial charge is 0.494 e. The highest BCUT2D eigenvalue weighted by Gasteiger charge is 2.10. The number of aromatic nitrogens is 1. The first-order valence-electron chi connectivity index (χ1n) is 8.08. The monoisotopic (exact) mass is 356 g/mol. The average Bonchev–Trinajstić information content (AvgIpc) is 2.96. The summed E-state index contributed by atoms with van der Waals surface area (Å²) in [4.78, 5) is 16.5. The van der Waals surface area contributed by atoms with Crippen LogP contribution in [0.2, 0.25) is 0 Å². The molecule has 1 heterocycles. The van der Waals surface area contributed by atoms with Crippen LogP contribution in [0.5, 0.6) is 11.5 Å². The molecule has 5 nitrogen and oxygen atoms in total. The SMILES string of the molecule is CCOc1ccc(OCC(=O)Nc2nc3cc(C)c(C)cc3s2)cc1. The molecule has 1 aromatic heterocycles. The van der Waals surface area contributed by atoms with E-state index in [1.54, 1.807) is 12.1 Å². The number of carbonyl (C=O) groups is 1. The van der Waals surface area contributed by atoms with E-state index in [-0.39, 0.29) is 12.5 Å². The van der Waals surface area contributed by atoms with Gasteiger partial charge in [-0.15, -0.1) is 0 Å². The standard InChI is InChI=1S/C19H20N2O3S/c1-4-23-14-5-7-15(8-6-14)24-11-18(22)21-19-20-16-9-12(2)13(3)10-17(16)25-19/h5-10H,4,11H2,1-3H3,(H,20,21,22). The van der Waals surface area contributed by atoms with Crippen LogP contribution in [0, 0.1) is 13.8 Å². The maximum atomic E-state index is 12.1. The molecule has 1 amide bonds. The van der Waals surface area contributed by atoms with Gasteiger partial charge in [0.05, 0.1) is 16.8 Å². The topological polar surface area (TPSA) is 60.5 Å². The summed E-state index contributed by atoms with van der Waals surface area (Å²) in [7, 11) is 0. The zero-order chi connectivity index (χ0) is 17.8. The molecular formula is C19H20N2O3S.